The fourth-order valence-electron chi connectivity index (χ4n) is 4.48. The molecule has 0 aliphatic rings. The quantitative estimate of drug-likeness (QED) is 0.383. The van der Waals surface area contributed by atoms with Crippen LogP contribution in [0.5, 0.6) is 0 Å². The van der Waals surface area contributed by atoms with Gasteiger partial charge in [-0.1, -0.05) is 91.8 Å². The van der Waals surface area contributed by atoms with E-state index in [-0.39, 0.29) is 0 Å². The van der Waals surface area contributed by atoms with E-state index in [1.165, 1.54) is 59.1 Å². The maximum absolute atomic E-state index is 2.46. The highest BCUT2D eigenvalue weighted by Crippen LogP contribution is 2.23. The fourth-order valence-corrected chi connectivity index (χ4v) is 4.48. The van der Waals surface area contributed by atoms with Gasteiger partial charge in [0, 0.05) is 0 Å². The van der Waals surface area contributed by atoms with E-state index >= 15 is 0 Å². The van der Waals surface area contributed by atoms with Crippen molar-refractivity contribution in [3.63, 3.8) is 0 Å². The zero-order chi connectivity index (χ0) is 21.6. The third-order valence-corrected chi connectivity index (χ3v) is 5.21. The van der Waals surface area contributed by atoms with Crippen molar-refractivity contribution in [2.24, 2.45) is 23.7 Å². The van der Waals surface area contributed by atoms with Gasteiger partial charge in [0.05, 0.1) is 0 Å². The summed E-state index contributed by atoms with van der Waals surface area (Å²) in [5.74, 6) is 2.79. The molecule has 0 amide bonds. The molecule has 0 saturated heterocycles. The normalized spacial score (nSPS) is 12.0. The Morgan fingerprint density at radius 2 is 0.586 bits per heavy atom. The van der Waals surface area contributed by atoms with Crippen LogP contribution in [0.2, 0.25) is 0 Å². The maximum Gasteiger partial charge on any atom is -0.00254 e. The van der Waals surface area contributed by atoms with Crippen molar-refractivity contribution in [1.82, 2.24) is 0 Å². The molecule has 0 saturated carbocycles. The predicted molar refractivity (Wildman–Crippen MR) is 130 cm³/mol. The number of rotatable bonds is 10. The van der Waals surface area contributed by atoms with Gasteiger partial charge in [0.25, 0.3) is 0 Å². The average Bonchev–Trinajstić information content (AvgIpc) is 2.51. The third kappa shape index (κ3) is 8.77. The summed E-state index contributed by atoms with van der Waals surface area (Å²) in [7, 11) is 0. The zero-order valence-electron chi connectivity index (χ0n) is 20.3. The molecule has 0 heterocycles. The van der Waals surface area contributed by atoms with Crippen LogP contribution in [0.1, 0.15) is 88.8 Å². The minimum atomic E-state index is 0.698. The molecule has 0 unspecified atom stereocenters. The lowest BCUT2D eigenvalue weighted by Crippen LogP contribution is -2.03. The van der Waals surface area contributed by atoms with Crippen LogP contribution >= 0.6 is 0 Å². The molecule has 0 atom stereocenters. The van der Waals surface area contributed by atoms with Crippen molar-refractivity contribution in [3.05, 3.63) is 69.8 Å². The molecule has 2 aromatic rings. The molecule has 0 fully saturated rings. The third-order valence-electron chi connectivity index (χ3n) is 5.21. The molecule has 0 nitrogen and oxygen atoms in total. The van der Waals surface area contributed by atoms with Crippen molar-refractivity contribution < 1.29 is 0 Å². The second kappa shape index (κ2) is 11.0. The van der Waals surface area contributed by atoms with Crippen LogP contribution in [0.3, 0.4) is 0 Å². The van der Waals surface area contributed by atoms with E-state index in [9.17, 15) is 0 Å². The molecule has 29 heavy (non-hydrogen) atoms. The lowest BCUT2D eigenvalue weighted by molar-refractivity contribution is 0.634. The first-order chi connectivity index (χ1) is 13.6. The van der Waals surface area contributed by atoms with Crippen molar-refractivity contribution in [2.45, 2.75) is 87.5 Å². The molecule has 0 bridgehead atoms. The summed E-state index contributed by atoms with van der Waals surface area (Å²) in [6.45, 7) is 18.6. The monoisotopic (exact) mass is 392 g/mol. The largest absolute Gasteiger partial charge is 0.0625 e. The number of hydrogen-bond donors (Lipinski definition) is 0. The van der Waals surface area contributed by atoms with Crippen molar-refractivity contribution in [2.75, 3.05) is 0 Å². The van der Waals surface area contributed by atoms with Crippen LogP contribution in [0, 0.1) is 23.7 Å². The predicted octanol–water partition coefficient (Wildman–Crippen LogP) is 8.07. The summed E-state index contributed by atoms with van der Waals surface area (Å²) in [6, 6.07) is 14.7. The Kier molecular flexibility index (Phi) is 9.00. The lowest BCUT2D eigenvalue weighted by Gasteiger charge is -2.15. The molecule has 0 spiro atoms. The Morgan fingerprint density at radius 1 is 0.379 bits per heavy atom. The summed E-state index contributed by atoms with van der Waals surface area (Å²) < 4.78 is 0. The Labute approximate surface area is 181 Å². The van der Waals surface area contributed by atoms with Crippen molar-refractivity contribution in [3.8, 4) is 0 Å². The number of hydrogen-bond acceptors (Lipinski definition) is 0. The minimum Gasteiger partial charge on any atom is -0.0625 e. The summed E-state index contributed by atoms with van der Waals surface area (Å²) >= 11 is 0. The summed E-state index contributed by atoms with van der Waals surface area (Å²) in [5.41, 5.74) is 9.00. The first kappa shape index (κ1) is 23.7. The Hall–Kier alpha value is -1.56. The SMILES string of the molecule is CC(C)Cc1cc(Cc2cc(CC(C)C)cc(CC(C)C)c2)cc(CC(C)C)c1. The molecule has 0 aliphatic carbocycles. The first-order valence-corrected chi connectivity index (χ1v) is 11.8. The molecule has 0 N–H and O–H groups in total. The zero-order valence-corrected chi connectivity index (χ0v) is 20.3. The second-order valence-corrected chi connectivity index (χ2v) is 10.9. The second-order valence-electron chi connectivity index (χ2n) is 10.9. The highest BCUT2D eigenvalue weighted by Gasteiger charge is 2.09. The molecule has 160 valence electrons. The van der Waals surface area contributed by atoms with Crippen LogP contribution in [0.25, 0.3) is 0 Å². The highest BCUT2D eigenvalue weighted by atomic mass is 14.1. The minimum absolute atomic E-state index is 0.698. The topological polar surface area (TPSA) is 0 Å². The summed E-state index contributed by atoms with van der Waals surface area (Å²) in [6.07, 6.45) is 5.74. The summed E-state index contributed by atoms with van der Waals surface area (Å²) in [5, 5.41) is 0. The van der Waals surface area contributed by atoms with Gasteiger partial charge in [-0.25, -0.2) is 0 Å². The lowest BCUT2D eigenvalue weighted by atomic mass is 9.90. The van der Waals surface area contributed by atoms with Gasteiger partial charge in [0.2, 0.25) is 0 Å². The molecule has 0 heteroatoms. The Morgan fingerprint density at radius 3 is 0.793 bits per heavy atom. The van der Waals surface area contributed by atoms with Gasteiger partial charge in [0.1, 0.15) is 0 Å². The highest BCUT2D eigenvalue weighted by molar-refractivity contribution is 5.38. The molecular formula is C29H44. The van der Waals surface area contributed by atoms with E-state index < -0.39 is 0 Å². The van der Waals surface area contributed by atoms with Crippen LogP contribution in [0.15, 0.2) is 36.4 Å². The van der Waals surface area contributed by atoms with Gasteiger partial charge in [0.15, 0.2) is 0 Å². The van der Waals surface area contributed by atoms with E-state index in [1.807, 2.05) is 0 Å². The van der Waals surface area contributed by atoms with Crippen molar-refractivity contribution in [1.29, 1.82) is 0 Å². The maximum atomic E-state index is 2.46. The molecule has 0 radical (unpaired) electrons. The Bertz CT molecular complexity index is 640. The van der Waals surface area contributed by atoms with E-state index in [0.29, 0.717) is 23.7 Å². The van der Waals surface area contributed by atoms with Crippen LogP contribution < -0.4 is 0 Å². The van der Waals surface area contributed by atoms with Gasteiger partial charge in [-0.2, -0.15) is 0 Å². The van der Waals surface area contributed by atoms with Crippen LogP contribution in [-0.4, -0.2) is 0 Å². The van der Waals surface area contributed by atoms with Gasteiger partial charge in [-0.05, 0) is 89.2 Å². The van der Waals surface area contributed by atoms with Gasteiger partial charge in [-0.3, -0.25) is 0 Å². The van der Waals surface area contributed by atoms with Gasteiger partial charge >= 0.3 is 0 Å². The molecular weight excluding hydrogens is 348 g/mol. The van der Waals surface area contributed by atoms with E-state index in [2.05, 4.69) is 91.8 Å². The van der Waals surface area contributed by atoms with Gasteiger partial charge in [-0.15, -0.1) is 0 Å². The fraction of sp³-hybridized carbons (Fsp3) is 0.586. The Balaban J connectivity index is 2.36. The molecule has 0 aromatic heterocycles. The first-order valence-electron chi connectivity index (χ1n) is 11.8. The molecule has 0 aliphatic heterocycles. The molecule has 2 aromatic carbocycles. The number of benzene rings is 2. The standard InChI is InChI=1S/C29H44/c1-20(2)9-24-13-25(10-21(3)4)16-28(15-24)19-29-17-26(11-22(5)6)14-27(18-29)12-23(7)8/h13-18,20-23H,9-12,19H2,1-8H3. The van der Waals surface area contributed by atoms with E-state index in [0.717, 1.165) is 6.42 Å². The molecule has 2 rings (SSSR count). The van der Waals surface area contributed by atoms with Crippen LogP contribution in [0.4, 0.5) is 0 Å². The smallest absolute Gasteiger partial charge is 0.00254 e. The van der Waals surface area contributed by atoms with Crippen molar-refractivity contribution >= 4 is 0 Å². The van der Waals surface area contributed by atoms with E-state index in [1.54, 1.807) is 0 Å². The average molecular weight is 393 g/mol. The van der Waals surface area contributed by atoms with Gasteiger partial charge < -0.3 is 0 Å². The summed E-state index contributed by atoms with van der Waals surface area (Å²) in [4.78, 5) is 0. The van der Waals surface area contributed by atoms with E-state index in [4.69, 9.17) is 0 Å². The van der Waals surface area contributed by atoms with Crippen LogP contribution in [-0.2, 0) is 32.1 Å².